The van der Waals surface area contributed by atoms with E-state index in [0.29, 0.717) is 11.2 Å². The molecule has 1 aliphatic heterocycles. The number of fused-ring (bicyclic) bond motifs is 1. The summed E-state index contributed by atoms with van der Waals surface area (Å²) in [4.78, 5) is 21.5. The molecule has 5 atom stereocenters. The number of nitrogens with two attached hydrogens (primary N) is 1. The Morgan fingerprint density at radius 2 is 2.16 bits per heavy atom. The maximum Gasteiger partial charge on any atom is 0.403 e. The zero-order chi connectivity index (χ0) is 18.2. The van der Waals surface area contributed by atoms with Gasteiger partial charge in [0, 0.05) is 6.54 Å². The number of ether oxygens (including phenoxy) is 1. The van der Waals surface area contributed by atoms with E-state index in [2.05, 4.69) is 20.0 Å². The molecule has 0 radical (unpaired) electrons. The van der Waals surface area contributed by atoms with Crippen LogP contribution in [0.3, 0.4) is 0 Å². The largest absolute Gasteiger partial charge is 0.403 e. The predicted octanol–water partition coefficient (Wildman–Crippen LogP) is -1.25. The van der Waals surface area contributed by atoms with Crippen LogP contribution in [0.5, 0.6) is 0 Å². The van der Waals surface area contributed by atoms with Crippen molar-refractivity contribution in [2.75, 3.05) is 18.9 Å². The minimum atomic E-state index is -4.00. The van der Waals surface area contributed by atoms with Gasteiger partial charge in [0.1, 0.15) is 30.2 Å². The van der Waals surface area contributed by atoms with Gasteiger partial charge in [-0.3, -0.25) is 9.09 Å². The van der Waals surface area contributed by atoms with Crippen LogP contribution in [-0.2, 0) is 13.8 Å². The molecular weight excluding hydrogens is 355 g/mol. The number of aliphatic hydroxyl groups is 2. The third-order valence-corrected chi connectivity index (χ3v) is 4.99. The van der Waals surface area contributed by atoms with Crippen molar-refractivity contribution in [2.24, 2.45) is 0 Å². The number of nitrogens with one attached hydrogen (secondary N) is 1. The summed E-state index contributed by atoms with van der Waals surface area (Å²) in [6.07, 6.45) is -2.08. The highest BCUT2D eigenvalue weighted by molar-refractivity contribution is 7.50. The lowest BCUT2D eigenvalue weighted by atomic mass is 10.1. The van der Waals surface area contributed by atoms with Gasteiger partial charge in [-0.15, -0.1) is 0 Å². The van der Waals surface area contributed by atoms with E-state index in [-0.39, 0.29) is 19.0 Å². The van der Waals surface area contributed by atoms with Gasteiger partial charge in [-0.1, -0.05) is 6.92 Å². The van der Waals surface area contributed by atoms with Crippen LogP contribution in [0.25, 0.3) is 11.2 Å². The fourth-order valence-corrected chi connectivity index (χ4v) is 3.41. The normalized spacial score (nSPS) is 29.1. The number of hydrogen-bond donors (Lipinski definition) is 5. The fraction of sp³-hybridized carbons (Fsp3) is 0.583. The average molecular weight is 374 g/mol. The number of aliphatic hydroxyl groups excluding tert-OH is 2. The first-order valence-electron chi connectivity index (χ1n) is 7.51. The average Bonchev–Trinajstić information content (AvgIpc) is 3.10. The smallest absolute Gasteiger partial charge is 0.387 e. The molecule has 1 fully saturated rings. The molecule has 25 heavy (non-hydrogen) atoms. The lowest BCUT2D eigenvalue weighted by molar-refractivity contribution is -0.0487. The van der Waals surface area contributed by atoms with Crippen molar-refractivity contribution in [3.63, 3.8) is 0 Å². The lowest BCUT2D eigenvalue weighted by Gasteiger charge is -2.17. The molecule has 0 bridgehead atoms. The van der Waals surface area contributed by atoms with Gasteiger partial charge in [-0.05, 0) is 0 Å². The van der Waals surface area contributed by atoms with E-state index in [9.17, 15) is 19.7 Å². The van der Waals surface area contributed by atoms with Crippen LogP contribution in [0.4, 0.5) is 5.82 Å². The van der Waals surface area contributed by atoms with E-state index in [4.69, 9.17) is 15.0 Å². The summed E-state index contributed by atoms with van der Waals surface area (Å²) in [6, 6.07) is 0. The summed E-state index contributed by atoms with van der Waals surface area (Å²) in [5.41, 5.74) is 6.37. The fourth-order valence-electron chi connectivity index (χ4n) is 2.57. The lowest BCUT2D eigenvalue weighted by Crippen LogP contribution is -2.34. The molecule has 1 saturated heterocycles. The van der Waals surface area contributed by atoms with Crippen molar-refractivity contribution in [1.29, 1.82) is 0 Å². The van der Waals surface area contributed by atoms with Crippen LogP contribution >= 0.6 is 7.75 Å². The first-order chi connectivity index (χ1) is 11.8. The van der Waals surface area contributed by atoms with E-state index in [1.807, 2.05) is 0 Å². The monoisotopic (exact) mass is 374 g/mol. The molecule has 138 valence electrons. The van der Waals surface area contributed by atoms with Crippen LogP contribution in [-0.4, -0.2) is 66.1 Å². The Hall–Kier alpha value is -1.66. The number of hydrogen-bond acceptors (Lipinski definition) is 9. The number of aromatic nitrogens is 4. The number of nitrogens with zero attached hydrogens (tertiary/aromatic N) is 4. The molecule has 13 heteroatoms. The minimum absolute atomic E-state index is 0.170. The molecule has 6 N–H and O–H groups in total. The molecule has 0 aliphatic carbocycles. The van der Waals surface area contributed by atoms with Crippen LogP contribution in [0.15, 0.2) is 12.7 Å². The summed E-state index contributed by atoms with van der Waals surface area (Å²) in [5, 5.41) is 22.7. The molecule has 0 spiro atoms. The number of rotatable bonds is 6. The summed E-state index contributed by atoms with van der Waals surface area (Å²) in [5.74, 6) is 0.170. The van der Waals surface area contributed by atoms with Crippen molar-refractivity contribution in [3.8, 4) is 0 Å². The number of anilines is 1. The molecule has 2 aromatic heterocycles. The van der Waals surface area contributed by atoms with Gasteiger partial charge in [0.05, 0.1) is 12.9 Å². The van der Waals surface area contributed by atoms with Crippen molar-refractivity contribution in [2.45, 2.75) is 31.5 Å². The number of nitrogen functional groups attached to an aromatic ring is 1. The van der Waals surface area contributed by atoms with E-state index in [1.165, 1.54) is 17.2 Å². The van der Waals surface area contributed by atoms with Crippen LogP contribution in [0, 0.1) is 0 Å². The second-order valence-corrected chi connectivity index (χ2v) is 7.07. The van der Waals surface area contributed by atoms with Crippen LogP contribution < -0.4 is 10.8 Å². The summed E-state index contributed by atoms with van der Waals surface area (Å²) in [7, 11) is -4.00. The van der Waals surface area contributed by atoms with Crippen LogP contribution in [0.2, 0.25) is 0 Å². The molecule has 2 aromatic rings. The van der Waals surface area contributed by atoms with Crippen molar-refractivity contribution in [3.05, 3.63) is 12.7 Å². The second-order valence-electron chi connectivity index (χ2n) is 5.46. The van der Waals surface area contributed by atoms with E-state index < -0.39 is 32.3 Å². The molecule has 1 aliphatic rings. The Labute approximate surface area is 142 Å². The predicted molar refractivity (Wildman–Crippen MR) is 85.1 cm³/mol. The van der Waals surface area contributed by atoms with E-state index in [1.54, 1.807) is 6.92 Å². The van der Waals surface area contributed by atoms with Crippen molar-refractivity contribution < 1.29 is 28.9 Å². The van der Waals surface area contributed by atoms with Gasteiger partial charge in [0.2, 0.25) is 0 Å². The third kappa shape index (κ3) is 3.51. The SMILES string of the molecule is CCNP(=O)(O)OC[C@H]1O[C@@H](n2cnc3c(N)ncnc32)[C@H](O)[C@@H]1O. The topological polar surface area (TPSA) is 178 Å². The molecule has 0 saturated carbocycles. The quantitative estimate of drug-likeness (QED) is 0.382. The highest BCUT2D eigenvalue weighted by atomic mass is 31.2. The first kappa shape index (κ1) is 18.1. The Morgan fingerprint density at radius 1 is 1.40 bits per heavy atom. The summed E-state index contributed by atoms with van der Waals surface area (Å²) >= 11 is 0. The zero-order valence-corrected chi connectivity index (χ0v) is 14.2. The molecule has 1 unspecified atom stereocenters. The summed E-state index contributed by atoms with van der Waals surface area (Å²) in [6.45, 7) is 1.49. The molecular formula is C12H19N6O6P. The molecule has 0 amide bonds. The Balaban J connectivity index is 1.78. The molecule has 12 nitrogen and oxygen atoms in total. The van der Waals surface area contributed by atoms with Crippen LogP contribution in [0.1, 0.15) is 13.2 Å². The Morgan fingerprint density at radius 3 is 2.88 bits per heavy atom. The standard InChI is InChI=1S/C12H19N6O6P/c1-2-17-25(21,22)23-3-6-8(19)9(20)12(24-6)18-5-16-7-10(13)14-4-15-11(7)18/h4-6,8-9,12,19-20H,2-3H2,1H3,(H2,13,14,15)(H2,17,21,22)/t6-,8-,9-,12-/m1/s1. The minimum Gasteiger partial charge on any atom is -0.387 e. The number of imidazole rings is 1. The van der Waals surface area contributed by atoms with Gasteiger partial charge < -0.3 is 25.6 Å². The van der Waals surface area contributed by atoms with E-state index in [0.717, 1.165) is 0 Å². The second kappa shape index (κ2) is 6.92. The Bertz CT molecular complexity index is 801. The van der Waals surface area contributed by atoms with Gasteiger partial charge in [0.25, 0.3) is 0 Å². The summed E-state index contributed by atoms with van der Waals surface area (Å²) < 4.78 is 23.5. The third-order valence-electron chi connectivity index (χ3n) is 3.77. The van der Waals surface area contributed by atoms with Gasteiger partial charge >= 0.3 is 7.75 Å². The zero-order valence-electron chi connectivity index (χ0n) is 13.3. The maximum atomic E-state index is 11.7. The van der Waals surface area contributed by atoms with Gasteiger partial charge in [-0.2, -0.15) is 0 Å². The first-order valence-corrected chi connectivity index (χ1v) is 9.09. The Kier molecular flexibility index (Phi) is 5.02. The van der Waals surface area contributed by atoms with Gasteiger partial charge in [0.15, 0.2) is 17.7 Å². The highest BCUT2D eigenvalue weighted by Crippen LogP contribution is 2.39. The van der Waals surface area contributed by atoms with Gasteiger partial charge in [-0.25, -0.2) is 24.6 Å². The van der Waals surface area contributed by atoms with Crippen molar-refractivity contribution >= 4 is 24.7 Å². The highest BCUT2D eigenvalue weighted by Gasteiger charge is 2.45. The molecule has 3 heterocycles. The maximum absolute atomic E-state index is 11.7. The van der Waals surface area contributed by atoms with Crippen molar-refractivity contribution in [1.82, 2.24) is 24.6 Å². The van der Waals surface area contributed by atoms with E-state index >= 15 is 0 Å². The molecule has 0 aromatic carbocycles. The molecule has 3 rings (SSSR count).